The Kier molecular flexibility index (Phi) is 6.82. The number of hydrogen-bond donors (Lipinski definition) is 1. The number of carbonyl (C=O) groups excluding carboxylic acids is 1. The molecule has 2 aromatic heterocycles. The number of piperidine rings is 1. The van der Waals surface area contributed by atoms with Crippen LogP contribution in [0.3, 0.4) is 0 Å². The third-order valence-electron chi connectivity index (χ3n) is 7.31. The van der Waals surface area contributed by atoms with Crippen LogP contribution < -0.4 is 5.32 Å². The lowest BCUT2D eigenvalue weighted by molar-refractivity contribution is 0.0977. The number of fused-ring (bicyclic) bond motifs is 3. The summed E-state index contributed by atoms with van der Waals surface area (Å²) in [6, 6.07) is 11.6. The number of Topliss-reactive ketones (excluding diaryl/α,β-unsaturated/α-hetero) is 1. The first-order chi connectivity index (χ1) is 17.6. The molecule has 0 amide bonds. The molecule has 2 fully saturated rings. The first-order valence-electron chi connectivity index (χ1n) is 13.2. The number of carbonyl (C=O) groups is 1. The van der Waals surface area contributed by atoms with Gasteiger partial charge < -0.3 is 10.2 Å². The van der Waals surface area contributed by atoms with Crippen molar-refractivity contribution >= 4 is 32.3 Å². The molecule has 6 nitrogen and oxygen atoms in total. The van der Waals surface area contributed by atoms with Crippen LogP contribution in [0, 0.1) is 5.82 Å². The number of likely N-dealkylation sites (tertiary alicyclic amines) is 1. The number of benzene rings is 2. The number of aromatic nitrogens is 3. The highest BCUT2D eigenvalue weighted by Crippen LogP contribution is 2.30. The summed E-state index contributed by atoms with van der Waals surface area (Å²) in [4.78, 5) is 20.6. The number of hydrogen-bond acceptors (Lipinski definition) is 6. The van der Waals surface area contributed by atoms with E-state index >= 15 is 0 Å². The second-order valence-corrected chi connectivity index (χ2v) is 11.2. The molecular formula is C28H32FN5OS. The average molecular weight is 506 g/mol. The summed E-state index contributed by atoms with van der Waals surface area (Å²) in [5.74, 6) is 0.269. The van der Waals surface area contributed by atoms with Gasteiger partial charge in [0, 0.05) is 24.6 Å². The van der Waals surface area contributed by atoms with E-state index in [4.69, 9.17) is 0 Å². The Hall–Kier alpha value is -2.68. The fourth-order valence-corrected chi connectivity index (χ4v) is 6.02. The molecule has 6 rings (SSSR count). The van der Waals surface area contributed by atoms with E-state index in [1.54, 1.807) is 16.6 Å². The quantitative estimate of drug-likeness (QED) is 0.217. The van der Waals surface area contributed by atoms with E-state index < -0.39 is 0 Å². The minimum atomic E-state index is -0.305. The molecule has 4 aromatic rings. The number of ketones is 1. The van der Waals surface area contributed by atoms with Crippen molar-refractivity contribution in [1.29, 1.82) is 0 Å². The minimum absolute atomic E-state index is 0.188. The molecule has 0 bridgehead atoms. The van der Waals surface area contributed by atoms with Crippen molar-refractivity contribution in [2.45, 2.75) is 64.0 Å². The highest BCUT2D eigenvalue weighted by molar-refractivity contribution is 7.23. The zero-order chi connectivity index (χ0) is 24.5. The minimum Gasteiger partial charge on any atom is -0.310 e. The van der Waals surface area contributed by atoms with E-state index in [-0.39, 0.29) is 11.6 Å². The first kappa shape index (κ1) is 23.7. The summed E-state index contributed by atoms with van der Waals surface area (Å²) in [6.07, 6.45) is 8.95. The van der Waals surface area contributed by atoms with Crippen LogP contribution in [0.2, 0.25) is 0 Å². The number of nitrogens with one attached hydrogen (secondary N) is 1. The van der Waals surface area contributed by atoms with Gasteiger partial charge in [-0.1, -0.05) is 23.8 Å². The van der Waals surface area contributed by atoms with Gasteiger partial charge in [0.05, 0.1) is 15.8 Å². The van der Waals surface area contributed by atoms with Crippen molar-refractivity contribution in [3.8, 4) is 11.4 Å². The Morgan fingerprint density at radius 2 is 1.94 bits per heavy atom. The maximum Gasteiger partial charge on any atom is 0.213 e. The smallest absolute Gasteiger partial charge is 0.213 e. The predicted octanol–water partition coefficient (Wildman–Crippen LogP) is 5.84. The van der Waals surface area contributed by atoms with Crippen LogP contribution in [0.1, 0.15) is 67.3 Å². The number of rotatable bonds is 10. The Morgan fingerprint density at radius 1 is 1.08 bits per heavy atom. The summed E-state index contributed by atoms with van der Waals surface area (Å²) in [5, 5.41) is 8.01. The second-order valence-electron chi connectivity index (χ2n) is 10.2. The van der Waals surface area contributed by atoms with Gasteiger partial charge in [-0.15, -0.1) is 5.10 Å². The van der Waals surface area contributed by atoms with Crippen molar-refractivity contribution in [2.24, 2.45) is 0 Å². The van der Waals surface area contributed by atoms with E-state index in [9.17, 15) is 9.18 Å². The van der Waals surface area contributed by atoms with Gasteiger partial charge >= 0.3 is 0 Å². The normalized spacial score (nSPS) is 16.8. The van der Waals surface area contributed by atoms with Crippen molar-refractivity contribution < 1.29 is 9.18 Å². The highest BCUT2D eigenvalue weighted by Gasteiger charge is 2.21. The average Bonchev–Trinajstić information content (AvgIpc) is 3.54. The van der Waals surface area contributed by atoms with Crippen LogP contribution in [0.4, 0.5) is 4.39 Å². The van der Waals surface area contributed by atoms with Crippen LogP contribution in [-0.2, 0) is 6.54 Å². The van der Waals surface area contributed by atoms with Crippen LogP contribution in [-0.4, -0.2) is 51.0 Å². The molecule has 36 heavy (non-hydrogen) atoms. The first-order valence-corrected chi connectivity index (χ1v) is 14.0. The second kappa shape index (κ2) is 10.4. The third-order valence-corrected chi connectivity index (χ3v) is 8.31. The van der Waals surface area contributed by atoms with Gasteiger partial charge in [0.2, 0.25) is 4.96 Å². The monoisotopic (exact) mass is 505 g/mol. The molecule has 0 atom stereocenters. The van der Waals surface area contributed by atoms with Crippen LogP contribution in [0.25, 0.3) is 26.6 Å². The molecule has 3 heterocycles. The van der Waals surface area contributed by atoms with Gasteiger partial charge in [-0.05, 0) is 94.1 Å². The molecule has 1 aliphatic carbocycles. The van der Waals surface area contributed by atoms with E-state index in [0.29, 0.717) is 35.4 Å². The van der Waals surface area contributed by atoms with Crippen LogP contribution in [0.5, 0.6) is 0 Å². The number of nitrogens with zero attached hydrogens (tertiary/aromatic N) is 4. The van der Waals surface area contributed by atoms with Gasteiger partial charge in [0.15, 0.2) is 11.6 Å². The molecule has 0 radical (unpaired) electrons. The molecule has 2 aromatic carbocycles. The fraction of sp³-hybridized carbons (Fsp3) is 0.464. The van der Waals surface area contributed by atoms with Gasteiger partial charge in [0.1, 0.15) is 5.82 Å². The predicted molar refractivity (Wildman–Crippen MR) is 142 cm³/mol. The summed E-state index contributed by atoms with van der Waals surface area (Å²) in [5.41, 5.74) is 2.97. The lowest BCUT2D eigenvalue weighted by Gasteiger charge is -2.26. The summed E-state index contributed by atoms with van der Waals surface area (Å²) in [7, 11) is 0. The largest absolute Gasteiger partial charge is 0.310 e. The van der Waals surface area contributed by atoms with E-state index in [1.165, 1.54) is 56.5 Å². The number of thiazole rings is 1. The molecule has 1 aliphatic heterocycles. The lowest BCUT2D eigenvalue weighted by atomic mass is 10.0. The third kappa shape index (κ3) is 5.21. The lowest BCUT2D eigenvalue weighted by Crippen LogP contribution is -2.30. The molecule has 1 saturated carbocycles. The molecule has 0 spiro atoms. The zero-order valence-electron chi connectivity index (χ0n) is 20.5. The van der Waals surface area contributed by atoms with Crippen molar-refractivity contribution in [2.75, 3.05) is 19.6 Å². The molecular weight excluding hydrogens is 473 g/mol. The zero-order valence-corrected chi connectivity index (χ0v) is 21.3. The van der Waals surface area contributed by atoms with Crippen molar-refractivity contribution in [3.63, 3.8) is 0 Å². The standard InChI is InChI=1S/C28H32FN5OS/c29-23-16-19(18-30-21-9-10-21)7-11-22(23)27-31-28-34(32-27)24-12-8-20(17-26(24)36-28)25(35)6-2-5-15-33-13-3-1-4-14-33/h7-8,11-12,16-17,21,30H,1-6,9-10,13-15,18H2. The molecule has 8 heteroatoms. The van der Waals surface area contributed by atoms with Crippen molar-refractivity contribution in [3.05, 3.63) is 53.3 Å². The maximum absolute atomic E-state index is 14.8. The van der Waals surface area contributed by atoms with Gasteiger partial charge in [-0.25, -0.2) is 8.91 Å². The number of unbranched alkanes of at least 4 members (excludes halogenated alkanes) is 1. The van der Waals surface area contributed by atoms with Gasteiger partial charge in [-0.2, -0.15) is 4.98 Å². The maximum atomic E-state index is 14.8. The molecule has 1 N–H and O–H groups in total. The van der Waals surface area contributed by atoms with Crippen molar-refractivity contribution in [1.82, 2.24) is 24.8 Å². The fourth-order valence-electron chi connectivity index (χ4n) is 5.03. The van der Waals surface area contributed by atoms with Crippen LogP contribution in [0.15, 0.2) is 36.4 Å². The Balaban J connectivity index is 1.12. The summed E-state index contributed by atoms with van der Waals surface area (Å²) < 4.78 is 17.6. The van der Waals surface area contributed by atoms with Gasteiger partial charge in [0.25, 0.3) is 0 Å². The van der Waals surface area contributed by atoms with E-state index in [0.717, 1.165) is 40.7 Å². The topological polar surface area (TPSA) is 62.5 Å². The number of halogens is 1. The SMILES string of the molecule is O=C(CCCCN1CCCCC1)c1ccc2c(c1)sc1nc(-c3ccc(CNC4CC4)cc3F)nn12. The Bertz CT molecular complexity index is 1390. The molecule has 0 unspecified atom stereocenters. The molecule has 1 saturated heterocycles. The highest BCUT2D eigenvalue weighted by atomic mass is 32.1. The Morgan fingerprint density at radius 3 is 2.75 bits per heavy atom. The Labute approximate surface area is 214 Å². The van der Waals surface area contributed by atoms with E-state index in [1.807, 2.05) is 24.3 Å². The van der Waals surface area contributed by atoms with E-state index in [2.05, 4.69) is 20.3 Å². The van der Waals surface area contributed by atoms with Crippen LogP contribution >= 0.6 is 11.3 Å². The summed E-state index contributed by atoms with van der Waals surface area (Å²) >= 11 is 1.48. The van der Waals surface area contributed by atoms with Gasteiger partial charge in [-0.3, -0.25) is 4.79 Å². The summed E-state index contributed by atoms with van der Waals surface area (Å²) in [6.45, 7) is 4.19. The molecule has 188 valence electrons. The molecule has 2 aliphatic rings.